The molecule has 0 fully saturated rings. The van der Waals surface area contributed by atoms with Gasteiger partial charge in [0.1, 0.15) is 5.82 Å². The quantitative estimate of drug-likeness (QED) is 0.481. The monoisotopic (exact) mass is 432 g/mol. The van der Waals surface area contributed by atoms with Crippen molar-refractivity contribution in [1.29, 1.82) is 0 Å². The fourth-order valence-electron chi connectivity index (χ4n) is 2.94. The Bertz CT molecular complexity index is 1050. The molecule has 1 aromatic heterocycles. The van der Waals surface area contributed by atoms with Gasteiger partial charge in [0.15, 0.2) is 0 Å². The van der Waals surface area contributed by atoms with E-state index in [1.165, 1.54) is 12.1 Å². The highest BCUT2D eigenvalue weighted by Crippen LogP contribution is 2.36. The van der Waals surface area contributed by atoms with Crippen molar-refractivity contribution in [2.45, 2.75) is 0 Å². The van der Waals surface area contributed by atoms with Gasteiger partial charge in [-0.2, -0.15) is 0 Å². The molecule has 2 N–H and O–H groups in total. The van der Waals surface area contributed by atoms with Gasteiger partial charge in [0.25, 0.3) is 11.8 Å². The molecule has 2 heterocycles. The number of hydrogen-bond acceptors (Lipinski definition) is 2. The number of nitrogens with one attached hydrogen (secondary N) is 2. The Balaban J connectivity index is 2.05. The van der Waals surface area contributed by atoms with Gasteiger partial charge in [-0.25, -0.2) is 4.39 Å². The van der Waals surface area contributed by atoms with Gasteiger partial charge in [0.05, 0.1) is 11.1 Å². The second-order valence-corrected chi connectivity index (χ2v) is 6.57. The van der Waals surface area contributed by atoms with Crippen molar-refractivity contribution in [2.75, 3.05) is 0 Å². The minimum atomic E-state index is -0.510. The molecule has 3 aromatic rings. The maximum atomic E-state index is 13.7. The number of halogens is 2. The summed E-state index contributed by atoms with van der Waals surface area (Å²) in [6.45, 7) is 0. The van der Waals surface area contributed by atoms with Crippen molar-refractivity contribution in [3.05, 3.63) is 69.2 Å². The highest BCUT2D eigenvalue weighted by Gasteiger charge is 2.34. The molecule has 24 heavy (non-hydrogen) atoms. The van der Waals surface area contributed by atoms with Crippen LogP contribution < -0.4 is 5.32 Å². The molecule has 0 spiro atoms. The number of amides is 2. The van der Waals surface area contributed by atoms with Gasteiger partial charge in [-0.1, -0.05) is 18.2 Å². The van der Waals surface area contributed by atoms with Crippen LogP contribution in [0.4, 0.5) is 4.39 Å². The molecule has 118 valence electrons. The lowest BCUT2D eigenvalue weighted by Gasteiger charge is -2.06. The van der Waals surface area contributed by atoms with Crippen LogP contribution in [0.3, 0.4) is 0 Å². The van der Waals surface area contributed by atoms with E-state index < -0.39 is 17.6 Å². The first-order valence-electron chi connectivity index (χ1n) is 7.18. The zero-order chi connectivity index (χ0) is 16.8. The fraction of sp³-hybridized carbons (Fsp3) is 0. The summed E-state index contributed by atoms with van der Waals surface area (Å²) >= 11 is 2.03. The zero-order valence-electron chi connectivity index (χ0n) is 12.2. The van der Waals surface area contributed by atoms with Crippen LogP contribution in [0.1, 0.15) is 11.1 Å². The van der Waals surface area contributed by atoms with Gasteiger partial charge in [-0.3, -0.25) is 14.9 Å². The first-order chi connectivity index (χ1) is 11.6. The Labute approximate surface area is 149 Å². The lowest BCUT2D eigenvalue weighted by molar-refractivity contribution is -0.122. The summed E-state index contributed by atoms with van der Waals surface area (Å²) in [5.41, 5.74) is 2.37. The van der Waals surface area contributed by atoms with Crippen molar-refractivity contribution in [3.8, 4) is 0 Å². The molecule has 0 bridgehead atoms. The topological polar surface area (TPSA) is 62.0 Å². The van der Waals surface area contributed by atoms with Gasteiger partial charge in [0, 0.05) is 31.8 Å². The molecule has 2 amide bonds. The summed E-state index contributed by atoms with van der Waals surface area (Å²) in [6, 6.07) is 11.7. The molecule has 2 aromatic carbocycles. The molecule has 0 saturated carbocycles. The minimum absolute atomic E-state index is 0.202. The number of aromatic amines is 1. The maximum absolute atomic E-state index is 13.7. The lowest BCUT2D eigenvalue weighted by atomic mass is 9.96. The highest BCUT2D eigenvalue weighted by atomic mass is 127. The third-order valence-electron chi connectivity index (χ3n) is 3.99. The molecule has 0 radical (unpaired) electrons. The van der Waals surface area contributed by atoms with Gasteiger partial charge in [-0.15, -0.1) is 0 Å². The molecule has 1 aliphatic rings. The first-order valence-corrected chi connectivity index (χ1v) is 8.26. The van der Waals surface area contributed by atoms with Crippen LogP contribution in [0.5, 0.6) is 0 Å². The van der Waals surface area contributed by atoms with E-state index in [0.29, 0.717) is 14.7 Å². The van der Waals surface area contributed by atoms with E-state index in [4.69, 9.17) is 0 Å². The van der Waals surface area contributed by atoms with E-state index >= 15 is 0 Å². The molecule has 0 unspecified atom stereocenters. The van der Waals surface area contributed by atoms with Crippen LogP contribution in [-0.4, -0.2) is 16.8 Å². The minimum Gasteiger partial charge on any atom is -0.361 e. The van der Waals surface area contributed by atoms with E-state index in [1.807, 2.05) is 46.9 Å². The summed E-state index contributed by atoms with van der Waals surface area (Å²) < 4.78 is 14.4. The normalized spacial score (nSPS) is 14.6. The second-order valence-electron chi connectivity index (χ2n) is 5.41. The summed E-state index contributed by atoms with van der Waals surface area (Å²) in [7, 11) is 0. The number of hydrogen-bond donors (Lipinski definition) is 2. The van der Waals surface area contributed by atoms with Crippen LogP contribution in [0.15, 0.2) is 48.7 Å². The van der Waals surface area contributed by atoms with E-state index in [2.05, 4.69) is 10.3 Å². The molecule has 6 heteroatoms. The molecular formula is C18H10FIN2O2. The highest BCUT2D eigenvalue weighted by molar-refractivity contribution is 14.1. The third-order valence-corrected chi connectivity index (χ3v) is 4.93. The van der Waals surface area contributed by atoms with Crippen LogP contribution >= 0.6 is 22.6 Å². The Hall–Kier alpha value is -2.48. The largest absolute Gasteiger partial charge is 0.361 e. The van der Waals surface area contributed by atoms with Crippen molar-refractivity contribution in [2.24, 2.45) is 0 Å². The summed E-state index contributed by atoms with van der Waals surface area (Å²) in [5.74, 6) is -1.44. The molecular weight excluding hydrogens is 422 g/mol. The molecule has 0 saturated heterocycles. The van der Waals surface area contributed by atoms with E-state index in [9.17, 15) is 14.0 Å². The molecule has 4 nitrogen and oxygen atoms in total. The number of H-pyrrole nitrogens is 1. The number of para-hydroxylation sites is 1. The number of carbonyl (C=O) groups excluding carboxylic acids is 2. The molecule has 1 aliphatic heterocycles. The molecule has 0 aliphatic carbocycles. The van der Waals surface area contributed by atoms with Crippen LogP contribution in [0, 0.1) is 9.39 Å². The number of benzene rings is 2. The van der Waals surface area contributed by atoms with Gasteiger partial charge in [0.2, 0.25) is 0 Å². The SMILES string of the molecule is O=C1NC(=O)C(c2c[nH]c3ccccc23)=C1c1cc(F)ccc1I. The van der Waals surface area contributed by atoms with Crippen LogP contribution in [-0.2, 0) is 9.59 Å². The average Bonchev–Trinajstić information content (AvgIpc) is 3.10. The number of rotatable bonds is 2. The zero-order valence-corrected chi connectivity index (χ0v) is 14.3. The lowest BCUT2D eigenvalue weighted by Crippen LogP contribution is -2.22. The van der Waals surface area contributed by atoms with Gasteiger partial charge < -0.3 is 4.98 Å². The summed E-state index contributed by atoms with van der Waals surface area (Å²) in [4.78, 5) is 27.9. The number of fused-ring (bicyclic) bond motifs is 1. The van der Waals surface area contributed by atoms with Crippen molar-refractivity contribution < 1.29 is 14.0 Å². The van der Waals surface area contributed by atoms with E-state index in [-0.39, 0.29) is 11.1 Å². The molecule has 0 atom stereocenters. The van der Waals surface area contributed by atoms with E-state index in [0.717, 1.165) is 10.9 Å². The second kappa shape index (κ2) is 5.55. The van der Waals surface area contributed by atoms with Crippen LogP contribution in [0.25, 0.3) is 22.0 Å². The Morgan fingerprint density at radius 2 is 1.62 bits per heavy atom. The van der Waals surface area contributed by atoms with Crippen molar-refractivity contribution >= 4 is 56.5 Å². The number of imide groups is 1. The molecule has 4 rings (SSSR count). The van der Waals surface area contributed by atoms with Crippen molar-refractivity contribution in [1.82, 2.24) is 10.3 Å². The summed E-state index contributed by atoms with van der Waals surface area (Å²) in [5, 5.41) is 3.16. The predicted octanol–water partition coefficient (Wildman–Crippen LogP) is 3.48. The first kappa shape index (κ1) is 15.1. The fourth-order valence-corrected chi connectivity index (χ4v) is 3.54. The Morgan fingerprint density at radius 1 is 0.917 bits per heavy atom. The Kier molecular flexibility index (Phi) is 3.49. The van der Waals surface area contributed by atoms with Gasteiger partial charge >= 0.3 is 0 Å². The van der Waals surface area contributed by atoms with Crippen LogP contribution in [0.2, 0.25) is 0 Å². The summed E-state index contributed by atoms with van der Waals surface area (Å²) in [6.07, 6.45) is 1.70. The Morgan fingerprint density at radius 3 is 2.42 bits per heavy atom. The smallest absolute Gasteiger partial charge is 0.259 e. The van der Waals surface area contributed by atoms with Gasteiger partial charge in [-0.05, 0) is 46.9 Å². The maximum Gasteiger partial charge on any atom is 0.259 e. The third kappa shape index (κ3) is 2.25. The predicted molar refractivity (Wildman–Crippen MR) is 97.4 cm³/mol. The average molecular weight is 432 g/mol. The standard InChI is InChI=1S/C18H10FIN2O2/c19-9-5-6-13(20)11(7-9)15-16(18(24)22-17(15)23)12-8-21-14-4-2-1-3-10(12)14/h1-8,21H,(H,22,23,24). The number of carbonyl (C=O) groups is 2. The van der Waals surface area contributed by atoms with E-state index in [1.54, 1.807) is 12.3 Å². The van der Waals surface area contributed by atoms with Crippen molar-refractivity contribution in [3.63, 3.8) is 0 Å². The number of aromatic nitrogens is 1.